The average molecular weight is 303 g/mol. The van der Waals surface area contributed by atoms with E-state index in [-0.39, 0.29) is 10.9 Å². The first-order valence-corrected chi connectivity index (χ1v) is 6.62. The first kappa shape index (κ1) is 13.5. The van der Waals surface area contributed by atoms with Crippen molar-refractivity contribution in [1.29, 1.82) is 0 Å². The molecule has 0 aromatic heterocycles. The van der Waals surface area contributed by atoms with Crippen LogP contribution in [-0.2, 0) is 4.79 Å². The molecular formula is C12H12BrFOS. The molecule has 0 radical (unpaired) electrons. The van der Waals surface area contributed by atoms with E-state index in [1.165, 1.54) is 23.9 Å². The Hall–Kier alpha value is -0.610. The molecule has 1 nitrogen and oxygen atoms in total. The summed E-state index contributed by atoms with van der Waals surface area (Å²) in [4.78, 5) is 10.6. The molecule has 0 fully saturated rings. The van der Waals surface area contributed by atoms with E-state index < -0.39 is 0 Å². The largest absolute Gasteiger partial charge is 0.288 e. The van der Waals surface area contributed by atoms with Crippen LogP contribution in [0.25, 0.3) is 6.08 Å². The number of thioether (sulfide) groups is 1. The predicted octanol–water partition coefficient (Wildman–Crippen LogP) is 4.27. The average Bonchev–Trinajstić information content (AvgIpc) is 2.15. The number of hydrogen-bond donors (Lipinski definition) is 0. The van der Waals surface area contributed by atoms with Gasteiger partial charge in [0.15, 0.2) is 5.12 Å². The topological polar surface area (TPSA) is 17.1 Å². The second-order valence-electron chi connectivity index (χ2n) is 3.23. The molecule has 0 heterocycles. The Morgan fingerprint density at radius 1 is 1.50 bits per heavy atom. The van der Waals surface area contributed by atoms with Gasteiger partial charge in [-0.3, -0.25) is 4.79 Å². The monoisotopic (exact) mass is 302 g/mol. The number of halogens is 2. The molecule has 86 valence electrons. The quantitative estimate of drug-likeness (QED) is 0.773. The van der Waals surface area contributed by atoms with Crippen LogP contribution in [0.2, 0.25) is 0 Å². The first-order chi connectivity index (χ1) is 7.58. The van der Waals surface area contributed by atoms with E-state index in [4.69, 9.17) is 0 Å². The summed E-state index contributed by atoms with van der Waals surface area (Å²) >= 11 is 4.53. The fraction of sp³-hybridized carbons (Fsp3) is 0.250. The van der Waals surface area contributed by atoms with Gasteiger partial charge in [0.25, 0.3) is 0 Å². The zero-order valence-electron chi connectivity index (χ0n) is 8.87. The second-order valence-corrected chi connectivity index (χ2v) is 5.42. The normalized spacial score (nSPS) is 10.9. The Kier molecular flexibility index (Phi) is 5.77. The van der Waals surface area contributed by atoms with Crippen LogP contribution >= 0.6 is 27.7 Å². The van der Waals surface area contributed by atoms with Crippen molar-refractivity contribution in [3.05, 3.63) is 40.1 Å². The summed E-state index contributed by atoms with van der Waals surface area (Å²) in [6, 6.07) is 4.74. The van der Waals surface area contributed by atoms with Gasteiger partial charge in [-0.05, 0) is 30.2 Å². The molecule has 0 saturated heterocycles. The lowest BCUT2D eigenvalue weighted by molar-refractivity contribution is -0.109. The maximum Gasteiger partial charge on any atom is 0.185 e. The van der Waals surface area contributed by atoms with Crippen molar-refractivity contribution >= 4 is 38.9 Å². The third-order valence-electron chi connectivity index (χ3n) is 1.79. The molecule has 0 aliphatic rings. The van der Waals surface area contributed by atoms with Crippen LogP contribution in [-0.4, -0.2) is 10.9 Å². The fourth-order valence-corrected chi connectivity index (χ4v) is 2.19. The number of carbonyl (C=O) groups is 1. The molecule has 0 N–H and O–H groups in total. The van der Waals surface area contributed by atoms with Crippen molar-refractivity contribution in [2.24, 2.45) is 0 Å². The van der Waals surface area contributed by atoms with Gasteiger partial charge in [0.1, 0.15) is 5.82 Å². The lowest BCUT2D eigenvalue weighted by Gasteiger charge is -1.96. The molecule has 0 amide bonds. The van der Waals surface area contributed by atoms with Crippen LogP contribution < -0.4 is 0 Å². The van der Waals surface area contributed by atoms with Crippen molar-refractivity contribution in [2.75, 3.05) is 5.75 Å². The summed E-state index contributed by atoms with van der Waals surface area (Å²) in [7, 11) is 0. The third-order valence-corrected chi connectivity index (χ3v) is 3.09. The summed E-state index contributed by atoms with van der Waals surface area (Å²) in [5.74, 6) is 0.509. The van der Waals surface area contributed by atoms with E-state index in [0.29, 0.717) is 0 Å². The zero-order valence-corrected chi connectivity index (χ0v) is 11.3. The SMILES string of the molecule is CC(=O)SCCC=Cc1cc(F)cc(Br)c1. The minimum atomic E-state index is -0.257. The molecule has 1 aromatic rings. The maximum atomic E-state index is 13.0. The fourth-order valence-electron chi connectivity index (χ4n) is 1.16. The number of benzene rings is 1. The zero-order chi connectivity index (χ0) is 12.0. The van der Waals surface area contributed by atoms with Gasteiger partial charge in [-0.1, -0.05) is 39.8 Å². The second kappa shape index (κ2) is 6.86. The summed E-state index contributed by atoms with van der Waals surface area (Å²) < 4.78 is 13.7. The smallest absolute Gasteiger partial charge is 0.185 e. The standard InChI is InChI=1S/C12H12BrFOS/c1-9(15)16-5-3-2-4-10-6-11(13)8-12(14)7-10/h2,4,6-8H,3,5H2,1H3. The van der Waals surface area contributed by atoms with Crippen LogP contribution in [0.1, 0.15) is 18.9 Å². The highest BCUT2D eigenvalue weighted by molar-refractivity contribution is 9.10. The predicted molar refractivity (Wildman–Crippen MR) is 70.9 cm³/mol. The molecule has 0 aliphatic carbocycles. The van der Waals surface area contributed by atoms with Crippen molar-refractivity contribution in [3.63, 3.8) is 0 Å². The van der Waals surface area contributed by atoms with Gasteiger partial charge in [0.2, 0.25) is 0 Å². The number of hydrogen-bond acceptors (Lipinski definition) is 2. The van der Waals surface area contributed by atoms with E-state index in [1.54, 1.807) is 6.92 Å². The van der Waals surface area contributed by atoms with Crippen LogP contribution in [0, 0.1) is 5.82 Å². The van der Waals surface area contributed by atoms with E-state index in [1.807, 2.05) is 18.2 Å². The summed E-state index contributed by atoms with van der Waals surface area (Å²) in [6.45, 7) is 1.55. The van der Waals surface area contributed by atoms with Crippen LogP contribution in [0.5, 0.6) is 0 Å². The minimum Gasteiger partial charge on any atom is -0.288 e. The Morgan fingerprint density at radius 3 is 2.88 bits per heavy atom. The third kappa shape index (κ3) is 5.47. The van der Waals surface area contributed by atoms with Crippen LogP contribution in [0.4, 0.5) is 4.39 Å². The van der Waals surface area contributed by atoms with Crippen LogP contribution in [0.15, 0.2) is 28.7 Å². The molecule has 0 aliphatic heterocycles. The molecule has 0 bridgehead atoms. The maximum absolute atomic E-state index is 13.0. The van der Waals surface area contributed by atoms with Gasteiger partial charge >= 0.3 is 0 Å². The van der Waals surface area contributed by atoms with E-state index in [9.17, 15) is 9.18 Å². The van der Waals surface area contributed by atoms with Gasteiger partial charge in [-0.2, -0.15) is 0 Å². The van der Waals surface area contributed by atoms with Gasteiger partial charge in [-0.15, -0.1) is 0 Å². The summed E-state index contributed by atoms with van der Waals surface area (Å²) in [5.41, 5.74) is 0.819. The lowest BCUT2D eigenvalue weighted by Crippen LogP contribution is -1.84. The molecule has 0 spiro atoms. The van der Waals surface area contributed by atoms with E-state index in [0.717, 1.165) is 22.2 Å². The van der Waals surface area contributed by atoms with Gasteiger partial charge in [0, 0.05) is 17.1 Å². The van der Waals surface area contributed by atoms with E-state index in [2.05, 4.69) is 15.9 Å². The molecule has 1 aromatic carbocycles. The van der Waals surface area contributed by atoms with Gasteiger partial charge in [-0.25, -0.2) is 4.39 Å². The highest BCUT2D eigenvalue weighted by atomic mass is 79.9. The van der Waals surface area contributed by atoms with Gasteiger partial charge in [0.05, 0.1) is 0 Å². The molecule has 0 unspecified atom stereocenters. The molecule has 4 heteroatoms. The Labute approximate surface area is 107 Å². The number of rotatable bonds is 4. The molecular weight excluding hydrogens is 291 g/mol. The lowest BCUT2D eigenvalue weighted by atomic mass is 10.2. The van der Waals surface area contributed by atoms with Crippen LogP contribution in [0.3, 0.4) is 0 Å². The van der Waals surface area contributed by atoms with Crippen molar-refractivity contribution < 1.29 is 9.18 Å². The first-order valence-electron chi connectivity index (χ1n) is 4.84. The van der Waals surface area contributed by atoms with E-state index >= 15 is 0 Å². The Morgan fingerprint density at radius 2 is 2.25 bits per heavy atom. The highest BCUT2D eigenvalue weighted by Gasteiger charge is 1.95. The summed E-state index contributed by atoms with van der Waals surface area (Å²) in [6.07, 6.45) is 4.60. The van der Waals surface area contributed by atoms with Crippen molar-refractivity contribution in [2.45, 2.75) is 13.3 Å². The summed E-state index contributed by atoms with van der Waals surface area (Å²) in [5, 5.41) is 0.127. The van der Waals surface area contributed by atoms with Crippen molar-refractivity contribution in [3.8, 4) is 0 Å². The highest BCUT2D eigenvalue weighted by Crippen LogP contribution is 2.16. The molecule has 1 rings (SSSR count). The molecule has 0 atom stereocenters. The number of allylic oxidation sites excluding steroid dienone is 1. The van der Waals surface area contributed by atoms with Crippen molar-refractivity contribution in [1.82, 2.24) is 0 Å². The number of carbonyl (C=O) groups excluding carboxylic acids is 1. The Bertz CT molecular complexity index is 384. The minimum absolute atomic E-state index is 0.127. The Balaban J connectivity index is 2.46. The van der Waals surface area contributed by atoms with Gasteiger partial charge < -0.3 is 0 Å². The molecule has 16 heavy (non-hydrogen) atoms. The molecule has 0 saturated carbocycles.